The molecule has 0 radical (unpaired) electrons. The number of aryl methyl sites for hydroxylation is 1. The fraction of sp³-hybridized carbons (Fsp3) is 0.615. The Morgan fingerprint density at radius 1 is 1.19 bits per heavy atom. The smallest absolute Gasteiger partial charge is 0.410 e. The molecule has 0 aliphatic carbocycles. The molecule has 1 spiro atoms. The summed E-state index contributed by atoms with van der Waals surface area (Å²) in [6.07, 6.45) is 7.36. The number of likely N-dealkylation sites (tertiary alicyclic amines) is 1. The molecular weight excluding hydrogens is 462 g/mol. The second kappa shape index (κ2) is 9.06. The summed E-state index contributed by atoms with van der Waals surface area (Å²) in [5.74, 6) is -0.252. The number of urea groups is 1. The number of imide groups is 1. The van der Waals surface area contributed by atoms with E-state index in [4.69, 9.17) is 14.5 Å². The molecule has 5 rings (SSSR count). The van der Waals surface area contributed by atoms with Crippen LogP contribution in [0, 0.1) is 6.92 Å². The number of hydrogen-bond acceptors (Lipinski definition) is 6. The summed E-state index contributed by atoms with van der Waals surface area (Å²) < 4.78 is 14.2. The van der Waals surface area contributed by atoms with Crippen LogP contribution >= 0.6 is 0 Å². The Balaban J connectivity index is 1.24. The Morgan fingerprint density at radius 2 is 1.94 bits per heavy atom. The lowest BCUT2D eigenvalue weighted by atomic mass is 9.83. The molecule has 3 aliphatic heterocycles. The lowest BCUT2D eigenvalue weighted by Gasteiger charge is -2.45. The van der Waals surface area contributed by atoms with Gasteiger partial charge in [-0.3, -0.25) is 15.0 Å². The van der Waals surface area contributed by atoms with Crippen LogP contribution in [0.15, 0.2) is 18.5 Å². The van der Waals surface area contributed by atoms with E-state index >= 15 is 0 Å². The summed E-state index contributed by atoms with van der Waals surface area (Å²) in [7, 11) is 0. The van der Waals surface area contributed by atoms with E-state index in [1.165, 1.54) is 0 Å². The number of nitrogens with one attached hydrogen (secondary N) is 1. The van der Waals surface area contributed by atoms with Crippen LogP contribution in [0.5, 0.6) is 0 Å². The zero-order valence-corrected chi connectivity index (χ0v) is 21.5. The number of hydrogen-bond donors (Lipinski definition) is 1. The van der Waals surface area contributed by atoms with Gasteiger partial charge < -0.3 is 18.9 Å². The van der Waals surface area contributed by atoms with Gasteiger partial charge in [-0.05, 0) is 65.0 Å². The van der Waals surface area contributed by atoms with Gasteiger partial charge in [0.2, 0.25) is 5.91 Å². The molecule has 10 nitrogen and oxygen atoms in total. The molecule has 0 bridgehead atoms. The minimum absolute atomic E-state index is 0.171. The molecule has 5 heterocycles. The van der Waals surface area contributed by atoms with Gasteiger partial charge in [0.25, 0.3) is 0 Å². The van der Waals surface area contributed by atoms with E-state index < -0.39 is 11.6 Å². The van der Waals surface area contributed by atoms with E-state index in [-0.39, 0.29) is 30.1 Å². The molecule has 194 valence electrons. The molecule has 10 heteroatoms. The molecule has 3 saturated heterocycles. The maximum Gasteiger partial charge on any atom is 0.410 e. The minimum Gasteiger partial charge on any atom is -0.444 e. The average molecular weight is 498 g/mol. The van der Waals surface area contributed by atoms with Crippen molar-refractivity contribution in [2.24, 2.45) is 0 Å². The number of ether oxygens (including phenoxy) is 2. The van der Waals surface area contributed by atoms with Crippen molar-refractivity contribution >= 4 is 34.8 Å². The predicted molar refractivity (Wildman–Crippen MR) is 134 cm³/mol. The normalized spacial score (nSPS) is 22.7. The highest BCUT2D eigenvalue weighted by molar-refractivity contribution is 6.06. The van der Waals surface area contributed by atoms with Crippen LogP contribution in [0.4, 0.5) is 15.3 Å². The van der Waals surface area contributed by atoms with Crippen molar-refractivity contribution < 1.29 is 23.9 Å². The van der Waals surface area contributed by atoms with Gasteiger partial charge >= 0.3 is 12.1 Å². The largest absolute Gasteiger partial charge is 0.444 e. The molecule has 4 amide bonds. The van der Waals surface area contributed by atoms with E-state index in [1.807, 2.05) is 33.8 Å². The van der Waals surface area contributed by atoms with Crippen LogP contribution in [0.25, 0.3) is 11.0 Å². The first-order chi connectivity index (χ1) is 17.0. The zero-order valence-electron chi connectivity index (χ0n) is 21.5. The summed E-state index contributed by atoms with van der Waals surface area (Å²) in [5, 5.41) is 3.35. The van der Waals surface area contributed by atoms with Crippen molar-refractivity contribution in [2.75, 3.05) is 31.1 Å². The van der Waals surface area contributed by atoms with Crippen LogP contribution in [0.3, 0.4) is 0 Å². The summed E-state index contributed by atoms with van der Waals surface area (Å²) in [6, 6.07) is 1.74. The first-order valence-electron chi connectivity index (χ1n) is 12.7. The first-order valence-corrected chi connectivity index (χ1v) is 12.7. The average Bonchev–Trinajstić information content (AvgIpc) is 3.15. The number of carbonyl (C=O) groups excluding carboxylic acids is 3. The molecule has 2 aromatic heterocycles. The standard InChI is InChI=1S/C26H35N5O5/c1-17-15-31(22-20(17)13-19(14-27-22)30-10-6-21(32)28-23(30)33)18-5-7-26(35-16-18)8-11-29(12-9-26)24(34)36-25(2,3)4/h13-15,18H,5-12,16H2,1-4H3,(H,28,32,33)/t18-/m0/s1. The number of rotatable bonds is 2. The number of pyridine rings is 1. The minimum atomic E-state index is -0.494. The molecule has 2 aromatic rings. The summed E-state index contributed by atoms with van der Waals surface area (Å²) in [5.41, 5.74) is 1.95. The quantitative estimate of drug-likeness (QED) is 0.674. The van der Waals surface area contributed by atoms with Crippen LogP contribution in [0.2, 0.25) is 0 Å². The number of piperidine rings is 1. The predicted octanol–water partition coefficient (Wildman–Crippen LogP) is 3.91. The van der Waals surface area contributed by atoms with Crippen molar-refractivity contribution in [3.8, 4) is 0 Å². The third-order valence-corrected chi connectivity index (χ3v) is 7.45. The Morgan fingerprint density at radius 3 is 2.58 bits per heavy atom. The van der Waals surface area contributed by atoms with E-state index in [0.29, 0.717) is 31.9 Å². The monoisotopic (exact) mass is 497 g/mol. The molecule has 3 fully saturated rings. The van der Waals surface area contributed by atoms with Crippen LogP contribution in [-0.2, 0) is 14.3 Å². The van der Waals surface area contributed by atoms with Gasteiger partial charge in [0.05, 0.1) is 30.1 Å². The molecule has 1 N–H and O–H groups in total. The van der Waals surface area contributed by atoms with Gasteiger partial charge in [-0.2, -0.15) is 0 Å². The van der Waals surface area contributed by atoms with Gasteiger partial charge in [0.1, 0.15) is 11.2 Å². The molecule has 1 atom stereocenters. The van der Waals surface area contributed by atoms with E-state index in [0.717, 1.165) is 42.3 Å². The topological polar surface area (TPSA) is 106 Å². The molecule has 0 saturated carbocycles. The Hall–Kier alpha value is -3.14. The maximum absolute atomic E-state index is 12.4. The molecule has 0 aromatic carbocycles. The van der Waals surface area contributed by atoms with Crippen LogP contribution in [0.1, 0.15) is 64.5 Å². The lowest BCUT2D eigenvalue weighted by Crippen LogP contribution is -2.51. The SMILES string of the molecule is Cc1cn([C@H]2CCC3(CCN(C(=O)OC(C)(C)C)CC3)OC2)c2ncc(N3CCC(=O)NC3=O)cc12. The Kier molecular flexibility index (Phi) is 6.18. The number of carbonyl (C=O) groups is 3. The van der Waals surface area contributed by atoms with Crippen LogP contribution < -0.4 is 10.2 Å². The van der Waals surface area contributed by atoms with E-state index in [9.17, 15) is 14.4 Å². The number of nitrogens with zero attached hydrogens (tertiary/aromatic N) is 4. The first kappa shape index (κ1) is 24.5. The number of anilines is 1. The Labute approximate surface area is 210 Å². The highest BCUT2D eigenvalue weighted by Gasteiger charge is 2.41. The van der Waals surface area contributed by atoms with Gasteiger partial charge in [0, 0.05) is 37.6 Å². The van der Waals surface area contributed by atoms with E-state index in [1.54, 1.807) is 16.0 Å². The lowest BCUT2D eigenvalue weighted by molar-refractivity contribution is -0.124. The zero-order chi connectivity index (χ0) is 25.7. The van der Waals surface area contributed by atoms with Crippen molar-refractivity contribution in [3.05, 3.63) is 24.0 Å². The van der Waals surface area contributed by atoms with Crippen molar-refractivity contribution in [2.45, 2.75) is 77.0 Å². The number of fused-ring (bicyclic) bond motifs is 1. The second-order valence-corrected chi connectivity index (χ2v) is 11.2. The van der Waals surface area contributed by atoms with Crippen molar-refractivity contribution in [1.29, 1.82) is 0 Å². The highest BCUT2D eigenvalue weighted by atomic mass is 16.6. The third-order valence-electron chi connectivity index (χ3n) is 7.45. The Bertz CT molecular complexity index is 1180. The summed E-state index contributed by atoms with van der Waals surface area (Å²) >= 11 is 0. The molecular formula is C26H35N5O5. The van der Waals surface area contributed by atoms with Gasteiger partial charge in [-0.1, -0.05) is 0 Å². The summed E-state index contributed by atoms with van der Waals surface area (Å²) in [6.45, 7) is 9.93. The van der Waals surface area contributed by atoms with E-state index in [2.05, 4.69) is 16.1 Å². The second-order valence-electron chi connectivity index (χ2n) is 11.2. The van der Waals surface area contributed by atoms with Gasteiger partial charge in [0.15, 0.2) is 0 Å². The summed E-state index contributed by atoms with van der Waals surface area (Å²) in [4.78, 5) is 44.2. The third kappa shape index (κ3) is 4.78. The maximum atomic E-state index is 12.4. The van der Waals surface area contributed by atoms with Gasteiger partial charge in [-0.25, -0.2) is 14.6 Å². The van der Waals surface area contributed by atoms with Crippen LogP contribution in [-0.4, -0.2) is 69.9 Å². The molecule has 3 aliphatic rings. The van der Waals surface area contributed by atoms with Gasteiger partial charge in [-0.15, -0.1) is 0 Å². The molecule has 0 unspecified atom stereocenters. The fourth-order valence-electron chi connectivity index (χ4n) is 5.41. The number of aromatic nitrogens is 2. The van der Waals surface area contributed by atoms with Crippen molar-refractivity contribution in [3.63, 3.8) is 0 Å². The number of amides is 4. The highest BCUT2D eigenvalue weighted by Crippen LogP contribution is 2.40. The molecule has 36 heavy (non-hydrogen) atoms. The van der Waals surface area contributed by atoms with Crippen molar-refractivity contribution in [1.82, 2.24) is 19.8 Å². The fourth-order valence-corrected chi connectivity index (χ4v) is 5.41.